The van der Waals surface area contributed by atoms with Crippen LogP contribution in [-0.2, 0) is 10.2 Å². The molecule has 5 nitrogen and oxygen atoms in total. The lowest BCUT2D eigenvalue weighted by molar-refractivity contribution is -0.142. The van der Waals surface area contributed by atoms with Crippen molar-refractivity contribution in [3.8, 4) is 11.3 Å². The first-order valence-electron chi connectivity index (χ1n) is 5.49. The minimum atomic E-state index is -1.11. The third-order valence-electron chi connectivity index (χ3n) is 2.73. The topological polar surface area (TPSA) is 76.0 Å². The quantitative estimate of drug-likeness (QED) is 0.891. The van der Waals surface area contributed by atoms with Crippen LogP contribution in [0.5, 0.6) is 0 Å². The number of carboxylic acid groups (broad SMARTS) is 1. The van der Waals surface area contributed by atoms with Gasteiger partial charge in [-0.15, -0.1) is 0 Å². The average Bonchev–Trinajstić information content (AvgIpc) is 2.40. The molecule has 92 valence electrons. The number of pyridine rings is 1. The molecule has 1 N–H and O–H groups in total. The molecular formula is C13H13N3O2. The fraction of sp³-hybridized carbons (Fsp3) is 0.231. The Kier molecular flexibility index (Phi) is 3.06. The summed E-state index contributed by atoms with van der Waals surface area (Å²) in [5.41, 5.74) is 0.467. The molecule has 0 saturated heterocycles. The van der Waals surface area contributed by atoms with Gasteiger partial charge in [-0.2, -0.15) is 0 Å². The SMILES string of the molecule is CC(C)(C(=O)O)c1nccc(-c2ccncc2)n1. The first kappa shape index (κ1) is 12.2. The third-order valence-corrected chi connectivity index (χ3v) is 2.73. The number of carbonyl (C=O) groups is 1. The van der Waals surface area contributed by atoms with E-state index >= 15 is 0 Å². The Bertz CT molecular complexity index is 567. The molecule has 18 heavy (non-hydrogen) atoms. The van der Waals surface area contributed by atoms with Gasteiger partial charge in [0.1, 0.15) is 11.2 Å². The molecule has 5 heteroatoms. The molecule has 0 aliphatic heterocycles. The summed E-state index contributed by atoms with van der Waals surface area (Å²) in [6.45, 7) is 3.17. The second-order valence-electron chi connectivity index (χ2n) is 4.43. The molecule has 2 aromatic heterocycles. The van der Waals surface area contributed by atoms with E-state index in [9.17, 15) is 4.79 Å². The van der Waals surface area contributed by atoms with Gasteiger partial charge in [-0.3, -0.25) is 9.78 Å². The zero-order valence-electron chi connectivity index (χ0n) is 10.2. The Morgan fingerprint density at radius 1 is 1.17 bits per heavy atom. The van der Waals surface area contributed by atoms with Gasteiger partial charge in [0.05, 0.1) is 5.69 Å². The molecule has 0 saturated carbocycles. The maximum atomic E-state index is 11.2. The second kappa shape index (κ2) is 4.52. The molecule has 0 aliphatic carbocycles. The molecule has 0 fully saturated rings. The summed E-state index contributed by atoms with van der Waals surface area (Å²) < 4.78 is 0. The molecular weight excluding hydrogens is 230 g/mol. The van der Waals surface area contributed by atoms with E-state index in [1.54, 1.807) is 38.5 Å². The molecule has 2 rings (SSSR count). The van der Waals surface area contributed by atoms with Crippen LogP contribution in [0.15, 0.2) is 36.8 Å². The Labute approximate surface area is 105 Å². The van der Waals surface area contributed by atoms with E-state index < -0.39 is 11.4 Å². The maximum Gasteiger partial charge on any atom is 0.316 e. The summed E-state index contributed by atoms with van der Waals surface area (Å²) in [7, 11) is 0. The third kappa shape index (κ3) is 2.20. The van der Waals surface area contributed by atoms with Gasteiger partial charge in [0.2, 0.25) is 0 Å². The highest BCUT2D eigenvalue weighted by atomic mass is 16.4. The zero-order chi connectivity index (χ0) is 13.2. The summed E-state index contributed by atoms with van der Waals surface area (Å²) in [4.78, 5) is 23.5. The molecule has 0 amide bonds. The summed E-state index contributed by atoms with van der Waals surface area (Å²) in [6.07, 6.45) is 4.90. The Hall–Kier alpha value is -2.30. The fourth-order valence-electron chi connectivity index (χ4n) is 1.44. The first-order valence-corrected chi connectivity index (χ1v) is 5.49. The highest BCUT2D eigenvalue weighted by molar-refractivity contribution is 5.79. The van der Waals surface area contributed by atoms with Crippen LogP contribution in [0.1, 0.15) is 19.7 Å². The minimum Gasteiger partial charge on any atom is -0.481 e. The van der Waals surface area contributed by atoms with Crippen molar-refractivity contribution in [2.75, 3.05) is 0 Å². The van der Waals surface area contributed by atoms with Gasteiger partial charge in [-0.05, 0) is 32.0 Å². The lowest BCUT2D eigenvalue weighted by Crippen LogP contribution is -2.30. The van der Waals surface area contributed by atoms with E-state index in [0.717, 1.165) is 5.56 Å². The van der Waals surface area contributed by atoms with Gasteiger partial charge >= 0.3 is 5.97 Å². The van der Waals surface area contributed by atoms with Gasteiger partial charge in [0.25, 0.3) is 0 Å². The maximum absolute atomic E-state index is 11.2. The Morgan fingerprint density at radius 2 is 1.83 bits per heavy atom. The van der Waals surface area contributed by atoms with Gasteiger partial charge < -0.3 is 5.11 Å². The van der Waals surface area contributed by atoms with Crippen molar-refractivity contribution in [1.29, 1.82) is 0 Å². The monoisotopic (exact) mass is 243 g/mol. The largest absolute Gasteiger partial charge is 0.481 e. The van der Waals surface area contributed by atoms with Crippen molar-refractivity contribution in [1.82, 2.24) is 15.0 Å². The number of hydrogen-bond acceptors (Lipinski definition) is 4. The minimum absolute atomic E-state index is 0.296. The number of aliphatic carboxylic acids is 1. The van der Waals surface area contributed by atoms with E-state index in [2.05, 4.69) is 15.0 Å². The number of rotatable bonds is 3. The van der Waals surface area contributed by atoms with Gasteiger partial charge in [-0.1, -0.05) is 0 Å². The van der Waals surface area contributed by atoms with E-state index in [0.29, 0.717) is 11.5 Å². The highest BCUT2D eigenvalue weighted by Crippen LogP contribution is 2.22. The van der Waals surface area contributed by atoms with Crippen LogP contribution in [0.3, 0.4) is 0 Å². The van der Waals surface area contributed by atoms with Crippen molar-refractivity contribution in [3.63, 3.8) is 0 Å². The number of hydrogen-bond donors (Lipinski definition) is 1. The van der Waals surface area contributed by atoms with Gasteiger partial charge in [0, 0.05) is 24.2 Å². The van der Waals surface area contributed by atoms with Crippen molar-refractivity contribution < 1.29 is 9.90 Å². The van der Waals surface area contributed by atoms with Gasteiger partial charge in [-0.25, -0.2) is 9.97 Å². The standard InChI is InChI=1S/C13H13N3O2/c1-13(2,12(17)18)11-15-8-5-10(16-11)9-3-6-14-7-4-9/h3-8H,1-2H3,(H,17,18). The molecule has 0 aliphatic rings. The summed E-state index contributed by atoms with van der Waals surface area (Å²) in [5.74, 6) is -0.654. The van der Waals surface area contributed by atoms with E-state index in [-0.39, 0.29) is 0 Å². The summed E-state index contributed by atoms with van der Waals surface area (Å²) >= 11 is 0. The van der Waals surface area contributed by atoms with Crippen molar-refractivity contribution in [3.05, 3.63) is 42.6 Å². The smallest absolute Gasteiger partial charge is 0.316 e. The Morgan fingerprint density at radius 3 is 2.44 bits per heavy atom. The number of carboxylic acids is 1. The van der Waals surface area contributed by atoms with E-state index in [1.165, 1.54) is 0 Å². The normalized spacial score (nSPS) is 11.2. The predicted molar refractivity (Wildman–Crippen MR) is 65.9 cm³/mol. The molecule has 0 atom stereocenters. The first-order chi connectivity index (χ1) is 8.51. The van der Waals surface area contributed by atoms with Crippen LogP contribution < -0.4 is 0 Å². The molecule has 0 radical (unpaired) electrons. The van der Waals surface area contributed by atoms with Crippen molar-refractivity contribution >= 4 is 5.97 Å². The van der Waals surface area contributed by atoms with Crippen LogP contribution >= 0.6 is 0 Å². The average molecular weight is 243 g/mol. The van der Waals surface area contributed by atoms with E-state index in [4.69, 9.17) is 5.11 Å². The summed E-state index contributed by atoms with van der Waals surface area (Å²) in [5, 5.41) is 9.17. The van der Waals surface area contributed by atoms with Crippen LogP contribution in [0.25, 0.3) is 11.3 Å². The lowest BCUT2D eigenvalue weighted by Gasteiger charge is -2.17. The molecule has 2 heterocycles. The van der Waals surface area contributed by atoms with Crippen LogP contribution in [-0.4, -0.2) is 26.0 Å². The molecule has 0 unspecified atom stereocenters. The van der Waals surface area contributed by atoms with Gasteiger partial charge in [0.15, 0.2) is 0 Å². The molecule has 0 bridgehead atoms. The highest BCUT2D eigenvalue weighted by Gasteiger charge is 2.32. The van der Waals surface area contributed by atoms with Crippen LogP contribution in [0, 0.1) is 0 Å². The molecule has 0 aromatic carbocycles. The predicted octanol–water partition coefficient (Wildman–Crippen LogP) is 1.90. The van der Waals surface area contributed by atoms with Crippen LogP contribution in [0.4, 0.5) is 0 Å². The summed E-state index contributed by atoms with van der Waals surface area (Å²) in [6, 6.07) is 5.39. The lowest BCUT2D eigenvalue weighted by atomic mass is 9.92. The number of nitrogens with zero attached hydrogens (tertiary/aromatic N) is 3. The fourth-order valence-corrected chi connectivity index (χ4v) is 1.44. The van der Waals surface area contributed by atoms with E-state index in [1.807, 2.05) is 12.1 Å². The van der Waals surface area contributed by atoms with Crippen molar-refractivity contribution in [2.45, 2.75) is 19.3 Å². The van der Waals surface area contributed by atoms with Crippen LogP contribution in [0.2, 0.25) is 0 Å². The number of aromatic nitrogens is 3. The molecule has 0 spiro atoms. The zero-order valence-corrected chi connectivity index (χ0v) is 10.2. The molecule has 2 aromatic rings. The second-order valence-corrected chi connectivity index (χ2v) is 4.43. The van der Waals surface area contributed by atoms with Crippen molar-refractivity contribution in [2.24, 2.45) is 0 Å². The Balaban J connectivity index is 2.46.